The van der Waals surface area contributed by atoms with Crippen molar-refractivity contribution in [3.63, 3.8) is 0 Å². The van der Waals surface area contributed by atoms with Crippen LogP contribution in [0.5, 0.6) is 0 Å². The van der Waals surface area contributed by atoms with Crippen LogP contribution in [-0.4, -0.2) is 19.9 Å². The molecule has 2 N–H and O–H groups in total. The summed E-state index contributed by atoms with van der Waals surface area (Å²) in [6.45, 7) is 1.92. The summed E-state index contributed by atoms with van der Waals surface area (Å²) in [6.07, 6.45) is 3.21. The number of nitrogens with zero attached hydrogens (tertiary/aromatic N) is 4. The molecule has 7 heteroatoms. The van der Waals surface area contributed by atoms with Crippen molar-refractivity contribution in [1.82, 2.24) is 19.9 Å². The molecule has 4 rings (SSSR count). The van der Waals surface area contributed by atoms with Crippen molar-refractivity contribution in [3.05, 3.63) is 64.7 Å². The van der Waals surface area contributed by atoms with Crippen LogP contribution in [-0.2, 0) is 0 Å². The molecule has 0 radical (unpaired) electrons. The number of rotatable bonds is 2. The number of anilines is 1. The van der Waals surface area contributed by atoms with E-state index in [-0.39, 0.29) is 5.95 Å². The second kappa shape index (κ2) is 6.52. The van der Waals surface area contributed by atoms with Crippen LogP contribution < -0.4 is 5.73 Å². The predicted octanol–water partition coefficient (Wildman–Crippen LogP) is 4.95. The normalized spacial score (nSPS) is 11.0. The van der Waals surface area contributed by atoms with Gasteiger partial charge in [-0.15, -0.1) is 0 Å². The highest BCUT2D eigenvalue weighted by Crippen LogP contribution is 2.35. The monoisotopic (exact) mass is 381 g/mol. The number of nitrogen functional groups attached to an aromatic ring is 1. The summed E-state index contributed by atoms with van der Waals surface area (Å²) in [4.78, 5) is 17.1. The summed E-state index contributed by atoms with van der Waals surface area (Å²) in [5.74, 6) is 0.199. The summed E-state index contributed by atoms with van der Waals surface area (Å²) in [5.41, 5.74) is 10.7. The Bertz CT molecular complexity index is 1130. The molecule has 0 bridgehead atoms. The van der Waals surface area contributed by atoms with E-state index in [1.807, 2.05) is 43.3 Å². The maximum absolute atomic E-state index is 6.46. The molecule has 0 aliphatic carbocycles. The van der Waals surface area contributed by atoms with E-state index in [1.165, 1.54) is 6.33 Å². The minimum atomic E-state index is 0.199. The lowest BCUT2D eigenvalue weighted by atomic mass is 9.99. The van der Waals surface area contributed by atoms with Gasteiger partial charge in [-0.25, -0.2) is 19.9 Å². The first-order valence-electron chi connectivity index (χ1n) is 7.82. The van der Waals surface area contributed by atoms with Crippen molar-refractivity contribution in [2.45, 2.75) is 6.92 Å². The van der Waals surface area contributed by atoms with Crippen LogP contribution in [0.25, 0.3) is 33.3 Å². The van der Waals surface area contributed by atoms with E-state index in [0.29, 0.717) is 21.3 Å². The smallest absolute Gasteiger partial charge is 0.220 e. The van der Waals surface area contributed by atoms with E-state index >= 15 is 0 Å². The maximum Gasteiger partial charge on any atom is 0.220 e. The Morgan fingerprint density at radius 2 is 1.69 bits per heavy atom. The standard InChI is InChI=1S/C19H13Cl2N5/c1-10-14-6-12(7-16(21)18(14)25-9-24-10)15-8-23-19(22)26-17(15)11-2-4-13(20)5-3-11/h2-9H,1H3,(H2,22,23,26). The number of nitrogens with two attached hydrogens (primary N) is 1. The van der Waals surface area contributed by atoms with Crippen molar-refractivity contribution in [1.29, 1.82) is 0 Å². The second-order valence-electron chi connectivity index (χ2n) is 5.81. The average Bonchev–Trinajstić information content (AvgIpc) is 2.63. The zero-order chi connectivity index (χ0) is 18.3. The van der Waals surface area contributed by atoms with Crippen LogP contribution in [0.2, 0.25) is 10.0 Å². The molecule has 0 saturated carbocycles. The van der Waals surface area contributed by atoms with Crippen LogP contribution in [0.1, 0.15) is 5.69 Å². The van der Waals surface area contributed by atoms with Gasteiger partial charge >= 0.3 is 0 Å². The van der Waals surface area contributed by atoms with Gasteiger partial charge in [0.1, 0.15) is 6.33 Å². The molecule has 0 unspecified atom stereocenters. The predicted molar refractivity (Wildman–Crippen MR) is 105 cm³/mol. The Morgan fingerprint density at radius 1 is 0.923 bits per heavy atom. The van der Waals surface area contributed by atoms with E-state index in [4.69, 9.17) is 28.9 Å². The molecule has 0 amide bonds. The van der Waals surface area contributed by atoms with Gasteiger partial charge in [0, 0.05) is 33.4 Å². The highest BCUT2D eigenvalue weighted by Gasteiger charge is 2.14. The summed E-state index contributed by atoms with van der Waals surface area (Å²) in [5, 5.41) is 2.08. The number of benzene rings is 2. The average molecular weight is 382 g/mol. The summed E-state index contributed by atoms with van der Waals surface area (Å²) in [6, 6.07) is 11.2. The van der Waals surface area contributed by atoms with Crippen LogP contribution >= 0.6 is 23.2 Å². The molecule has 0 aliphatic heterocycles. The summed E-state index contributed by atoms with van der Waals surface area (Å²) in [7, 11) is 0. The van der Waals surface area contributed by atoms with E-state index < -0.39 is 0 Å². The Labute approximate surface area is 159 Å². The molecule has 2 aromatic heterocycles. The second-order valence-corrected chi connectivity index (χ2v) is 6.65. The maximum atomic E-state index is 6.46. The van der Waals surface area contributed by atoms with Gasteiger partial charge in [0.25, 0.3) is 0 Å². The molecule has 2 heterocycles. The van der Waals surface area contributed by atoms with Gasteiger partial charge in [-0.3, -0.25) is 0 Å². The Kier molecular flexibility index (Phi) is 4.18. The molecular formula is C19H13Cl2N5. The first-order valence-corrected chi connectivity index (χ1v) is 8.58. The third-order valence-corrected chi connectivity index (χ3v) is 4.67. The van der Waals surface area contributed by atoms with Crippen molar-refractivity contribution in [3.8, 4) is 22.4 Å². The van der Waals surface area contributed by atoms with E-state index in [0.717, 1.165) is 27.8 Å². The molecule has 0 aliphatic rings. The summed E-state index contributed by atoms with van der Waals surface area (Å²) < 4.78 is 0. The van der Waals surface area contributed by atoms with Gasteiger partial charge < -0.3 is 5.73 Å². The number of aryl methyl sites for hydroxylation is 1. The fraction of sp³-hybridized carbons (Fsp3) is 0.0526. The van der Waals surface area contributed by atoms with Crippen molar-refractivity contribution < 1.29 is 0 Å². The third kappa shape index (κ3) is 2.96. The van der Waals surface area contributed by atoms with E-state index in [9.17, 15) is 0 Å². The molecule has 0 fully saturated rings. The van der Waals surface area contributed by atoms with E-state index in [2.05, 4.69) is 19.9 Å². The topological polar surface area (TPSA) is 77.6 Å². The lowest BCUT2D eigenvalue weighted by Gasteiger charge is -2.12. The lowest BCUT2D eigenvalue weighted by molar-refractivity contribution is 1.15. The minimum Gasteiger partial charge on any atom is -0.368 e. The van der Waals surface area contributed by atoms with Gasteiger partial charge in [0.2, 0.25) is 5.95 Å². The van der Waals surface area contributed by atoms with Crippen LogP contribution in [0, 0.1) is 6.92 Å². The molecule has 5 nitrogen and oxygen atoms in total. The van der Waals surface area contributed by atoms with Crippen LogP contribution in [0.15, 0.2) is 48.9 Å². The van der Waals surface area contributed by atoms with Gasteiger partial charge in [-0.2, -0.15) is 0 Å². The van der Waals surface area contributed by atoms with Crippen molar-refractivity contribution in [2.75, 3.05) is 5.73 Å². The number of hydrogen-bond donors (Lipinski definition) is 1. The quantitative estimate of drug-likeness (QED) is 0.531. The molecule has 0 atom stereocenters. The lowest BCUT2D eigenvalue weighted by Crippen LogP contribution is -1.99. The zero-order valence-electron chi connectivity index (χ0n) is 13.7. The van der Waals surface area contributed by atoms with Crippen molar-refractivity contribution >= 4 is 40.1 Å². The first-order chi connectivity index (χ1) is 12.5. The van der Waals surface area contributed by atoms with Gasteiger partial charge in [-0.05, 0) is 36.8 Å². The SMILES string of the molecule is Cc1ncnc2c(Cl)cc(-c3cnc(N)nc3-c3ccc(Cl)cc3)cc12. The van der Waals surface area contributed by atoms with E-state index in [1.54, 1.807) is 6.20 Å². The van der Waals surface area contributed by atoms with Crippen LogP contribution in [0.3, 0.4) is 0 Å². The van der Waals surface area contributed by atoms with Crippen molar-refractivity contribution in [2.24, 2.45) is 0 Å². The molecular weight excluding hydrogens is 369 g/mol. The minimum absolute atomic E-state index is 0.199. The molecule has 2 aromatic carbocycles. The zero-order valence-corrected chi connectivity index (χ0v) is 15.3. The van der Waals surface area contributed by atoms with Crippen LogP contribution in [0.4, 0.5) is 5.95 Å². The summed E-state index contributed by atoms with van der Waals surface area (Å²) >= 11 is 12.5. The molecule has 128 valence electrons. The number of aromatic nitrogens is 4. The highest BCUT2D eigenvalue weighted by molar-refractivity contribution is 6.35. The Hall–Kier alpha value is -2.76. The molecule has 0 spiro atoms. The number of halogens is 2. The van der Waals surface area contributed by atoms with Gasteiger partial charge in [0.05, 0.1) is 16.2 Å². The number of fused-ring (bicyclic) bond motifs is 1. The fourth-order valence-corrected chi connectivity index (χ4v) is 3.23. The third-order valence-electron chi connectivity index (χ3n) is 4.13. The number of hydrogen-bond acceptors (Lipinski definition) is 5. The molecule has 26 heavy (non-hydrogen) atoms. The largest absolute Gasteiger partial charge is 0.368 e. The molecule has 0 saturated heterocycles. The Morgan fingerprint density at radius 3 is 2.46 bits per heavy atom. The van der Waals surface area contributed by atoms with Gasteiger partial charge in [0.15, 0.2) is 0 Å². The highest BCUT2D eigenvalue weighted by atomic mass is 35.5. The Balaban J connectivity index is 1.98. The molecule has 4 aromatic rings. The first kappa shape index (κ1) is 16.7. The van der Waals surface area contributed by atoms with Gasteiger partial charge in [-0.1, -0.05) is 35.3 Å². The fourth-order valence-electron chi connectivity index (χ4n) is 2.84.